The van der Waals surface area contributed by atoms with Crippen LogP contribution in [0.3, 0.4) is 0 Å². The van der Waals surface area contributed by atoms with Gasteiger partial charge in [-0.3, -0.25) is 0 Å². The third kappa shape index (κ3) is 5.69. The number of aryl methyl sites for hydroxylation is 1. The van der Waals surface area contributed by atoms with Crippen molar-refractivity contribution in [3.05, 3.63) is 107 Å². The number of nitrogens with zero attached hydrogens (tertiary/aromatic N) is 1. The Bertz CT molecular complexity index is 863. The van der Waals surface area contributed by atoms with Crippen LogP contribution < -0.4 is 0 Å². The third-order valence-corrected chi connectivity index (χ3v) is 4.54. The summed E-state index contributed by atoms with van der Waals surface area (Å²) in [5, 5.41) is 10.6. The fourth-order valence-electron chi connectivity index (χ4n) is 2.92. The van der Waals surface area contributed by atoms with E-state index in [2.05, 4.69) is 0 Å². The fourth-order valence-corrected chi connectivity index (χ4v) is 2.92. The topological polar surface area (TPSA) is 49.8 Å². The lowest BCUT2D eigenvalue weighted by atomic mass is 10.1. The van der Waals surface area contributed by atoms with Crippen LogP contribution in [0, 0.1) is 6.92 Å². The maximum absolute atomic E-state index is 12.7. The molecule has 0 bridgehead atoms. The average molecular weight is 375 g/mol. The predicted molar refractivity (Wildman–Crippen MR) is 110 cm³/mol. The molecule has 1 N–H and O–H groups in total. The summed E-state index contributed by atoms with van der Waals surface area (Å²) < 4.78 is 5.49. The van der Waals surface area contributed by atoms with Gasteiger partial charge in [-0.05, 0) is 23.6 Å². The molecule has 3 rings (SSSR count). The number of carbonyl (C=O) groups is 1. The standard InChI is InChI=1S/C24H25NO3/c1-19-12-14-22(15-13-19)23(26)17-25(16-20-8-4-2-5-9-20)24(27)28-18-21-10-6-3-7-11-21/h2-15,23,26H,16-18H2,1H3. The first-order valence-electron chi connectivity index (χ1n) is 9.36. The number of ether oxygens (including phenoxy) is 1. The van der Waals surface area contributed by atoms with Crippen molar-refractivity contribution in [3.8, 4) is 0 Å². The molecule has 0 radical (unpaired) electrons. The second-order valence-electron chi connectivity index (χ2n) is 6.83. The molecule has 0 heterocycles. The molecule has 1 unspecified atom stereocenters. The van der Waals surface area contributed by atoms with E-state index in [4.69, 9.17) is 4.74 Å². The molecule has 0 aliphatic rings. The molecule has 0 aliphatic carbocycles. The maximum atomic E-state index is 12.7. The minimum absolute atomic E-state index is 0.158. The van der Waals surface area contributed by atoms with E-state index >= 15 is 0 Å². The van der Waals surface area contributed by atoms with E-state index in [1.165, 1.54) is 0 Å². The van der Waals surface area contributed by atoms with Gasteiger partial charge >= 0.3 is 6.09 Å². The number of rotatable bonds is 7. The Morgan fingerprint density at radius 3 is 2.07 bits per heavy atom. The van der Waals surface area contributed by atoms with Gasteiger partial charge in [-0.2, -0.15) is 0 Å². The normalized spacial score (nSPS) is 11.6. The van der Waals surface area contributed by atoms with Crippen molar-refractivity contribution in [1.29, 1.82) is 0 Å². The lowest BCUT2D eigenvalue weighted by molar-refractivity contribution is 0.0657. The van der Waals surface area contributed by atoms with E-state index in [0.717, 1.165) is 22.3 Å². The van der Waals surface area contributed by atoms with Gasteiger partial charge in [0.25, 0.3) is 0 Å². The SMILES string of the molecule is Cc1ccc(C(O)CN(Cc2ccccc2)C(=O)OCc2ccccc2)cc1. The van der Waals surface area contributed by atoms with Crippen molar-refractivity contribution >= 4 is 6.09 Å². The summed E-state index contributed by atoms with van der Waals surface area (Å²) in [4.78, 5) is 14.3. The first-order chi connectivity index (χ1) is 13.6. The second-order valence-corrected chi connectivity index (χ2v) is 6.83. The minimum Gasteiger partial charge on any atom is -0.445 e. The highest BCUT2D eigenvalue weighted by Gasteiger charge is 2.20. The lowest BCUT2D eigenvalue weighted by Gasteiger charge is -2.25. The summed E-state index contributed by atoms with van der Waals surface area (Å²) in [6, 6.07) is 26.9. The van der Waals surface area contributed by atoms with Crippen LogP contribution in [0.5, 0.6) is 0 Å². The van der Waals surface area contributed by atoms with Gasteiger partial charge in [0.05, 0.1) is 12.6 Å². The lowest BCUT2D eigenvalue weighted by Crippen LogP contribution is -2.34. The smallest absolute Gasteiger partial charge is 0.410 e. The monoisotopic (exact) mass is 375 g/mol. The second kappa shape index (κ2) is 9.72. The Morgan fingerprint density at radius 2 is 1.46 bits per heavy atom. The summed E-state index contributed by atoms with van der Waals surface area (Å²) >= 11 is 0. The zero-order chi connectivity index (χ0) is 19.8. The zero-order valence-electron chi connectivity index (χ0n) is 16.0. The van der Waals surface area contributed by atoms with Crippen LogP contribution in [0.4, 0.5) is 4.79 Å². The number of hydrogen-bond acceptors (Lipinski definition) is 3. The van der Waals surface area contributed by atoms with E-state index in [9.17, 15) is 9.90 Å². The van der Waals surface area contributed by atoms with Gasteiger partial charge in [0.2, 0.25) is 0 Å². The van der Waals surface area contributed by atoms with Crippen molar-refractivity contribution in [2.24, 2.45) is 0 Å². The highest BCUT2D eigenvalue weighted by molar-refractivity contribution is 5.67. The fraction of sp³-hybridized carbons (Fsp3) is 0.208. The van der Waals surface area contributed by atoms with Crippen molar-refractivity contribution in [2.75, 3.05) is 6.54 Å². The number of aliphatic hydroxyl groups is 1. The molecule has 28 heavy (non-hydrogen) atoms. The van der Waals surface area contributed by atoms with Crippen molar-refractivity contribution in [1.82, 2.24) is 4.90 Å². The van der Waals surface area contributed by atoms with Gasteiger partial charge in [0.15, 0.2) is 0 Å². The van der Waals surface area contributed by atoms with Crippen molar-refractivity contribution < 1.29 is 14.6 Å². The molecule has 0 fully saturated rings. The minimum atomic E-state index is -0.784. The van der Waals surface area contributed by atoms with E-state index < -0.39 is 12.2 Å². The van der Waals surface area contributed by atoms with Crippen LogP contribution in [0.1, 0.15) is 28.4 Å². The molecular formula is C24H25NO3. The Hall–Kier alpha value is -3.11. The van der Waals surface area contributed by atoms with E-state index in [0.29, 0.717) is 6.54 Å². The molecule has 1 amide bonds. The molecule has 0 aliphatic heterocycles. The quantitative estimate of drug-likeness (QED) is 0.641. The van der Waals surface area contributed by atoms with Crippen LogP contribution in [0.15, 0.2) is 84.9 Å². The van der Waals surface area contributed by atoms with Crippen molar-refractivity contribution in [3.63, 3.8) is 0 Å². The third-order valence-electron chi connectivity index (χ3n) is 4.54. The van der Waals surface area contributed by atoms with E-state index in [1.807, 2.05) is 91.9 Å². The molecule has 0 aromatic heterocycles. The number of carbonyl (C=O) groups excluding carboxylic acids is 1. The molecular weight excluding hydrogens is 350 g/mol. The predicted octanol–water partition coefficient (Wildman–Crippen LogP) is 4.87. The van der Waals surface area contributed by atoms with Gasteiger partial charge in [-0.1, -0.05) is 90.5 Å². The van der Waals surface area contributed by atoms with Crippen LogP contribution in [-0.4, -0.2) is 22.6 Å². The maximum Gasteiger partial charge on any atom is 0.410 e. The van der Waals surface area contributed by atoms with Crippen LogP contribution >= 0.6 is 0 Å². The van der Waals surface area contributed by atoms with Crippen LogP contribution in [0.25, 0.3) is 0 Å². The van der Waals surface area contributed by atoms with E-state index in [1.54, 1.807) is 4.90 Å². The molecule has 3 aromatic carbocycles. The summed E-state index contributed by atoms with van der Waals surface area (Å²) in [7, 11) is 0. The number of benzene rings is 3. The highest BCUT2D eigenvalue weighted by atomic mass is 16.6. The Balaban J connectivity index is 1.70. The summed E-state index contributed by atoms with van der Waals surface area (Å²) in [6.07, 6.45) is -1.23. The highest BCUT2D eigenvalue weighted by Crippen LogP contribution is 2.18. The first kappa shape index (κ1) is 19.6. The number of hydrogen-bond donors (Lipinski definition) is 1. The molecule has 1 atom stereocenters. The zero-order valence-corrected chi connectivity index (χ0v) is 16.0. The van der Waals surface area contributed by atoms with Gasteiger partial charge in [0.1, 0.15) is 6.61 Å². The molecule has 0 saturated heterocycles. The summed E-state index contributed by atoms with van der Waals surface area (Å²) in [5.41, 5.74) is 3.81. The van der Waals surface area contributed by atoms with Gasteiger partial charge in [0, 0.05) is 6.54 Å². The van der Waals surface area contributed by atoms with Crippen LogP contribution in [-0.2, 0) is 17.9 Å². The van der Waals surface area contributed by atoms with Gasteiger partial charge in [-0.25, -0.2) is 4.79 Å². The van der Waals surface area contributed by atoms with E-state index in [-0.39, 0.29) is 13.2 Å². The Kier molecular flexibility index (Phi) is 6.82. The number of amides is 1. The van der Waals surface area contributed by atoms with Crippen molar-refractivity contribution in [2.45, 2.75) is 26.2 Å². The molecule has 144 valence electrons. The molecule has 0 spiro atoms. The first-order valence-corrected chi connectivity index (χ1v) is 9.36. The summed E-state index contributed by atoms with van der Waals surface area (Å²) in [6.45, 7) is 2.73. The molecule has 4 heteroatoms. The Labute approximate surface area is 166 Å². The van der Waals surface area contributed by atoms with Crippen LogP contribution in [0.2, 0.25) is 0 Å². The van der Waals surface area contributed by atoms with Gasteiger partial charge < -0.3 is 14.7 Å². The summed E-state index contributed by atoms with van der Waals surface area (Å²) in [5.74, 6) is 0. The number of aliphatic hydroxyl groups excluding tert-OH is 1. The van der Waals surface area contributed by atoms with Gasteiger partial charge in [-0.15, -0.1) is 0 Å². The molecule has 0 saturated carbocycles. The Morgan fingerprint density at radius 1 is 0.893 bits per heavy atom. The largest absolute Gasteiger partial charge is 0.445 e. The molecule has 3 aromatic rings. The average Bonchev–Trinajstić information content (AvgIpc) is 2.73. The molecule has 4 nitrogen and oxygen atoms in total.